The minimum Gasteiger partial charge on any atom is -0.380 e. The molecule has 26 heavy (non-hydrogen) atoms. The third-order valence-corrected chi connectivity index (χ3v) is 6.56. The maximum Gasteiger partial charge on any atom is 0.245 e. The number of nitrogens with zero attached hydrogens (tertiary/aromatic N) is 3. The Balaban J connectivity index is 1.68. The van der Waals surface area contributed by atoms with Gasteiger partial charge in [-0.15, -0.1) is 0 Å². The first kappa shape index (κ1) is 18.8. The number of pyridine rings is 1. The third-order valence-electron chi connectivity index (χ3n) is 4.62. The van der Waals surface area contributed by atoms with E-state index in [0.29, 0.717) is 24.1 Å². The van der Waals surface area contributed by atoms with Gasteiger partial charge in [0, 0.05) is 57.6 Å². The first-order chi connectivity index (χ1) is 12.5. The topological polar surface area (TPSA) is 122 Å². The molecule has 142 valence electrons. The highest BCUT2D eigenvalue weighted by molar-refractivity contribution is 7.89. The van der Waals surface area contributed by atoms with Crippen molar-refractivity contribution in [2.75, 3.05) is 39.8 Å². The second-order valence-corrected chi connectivity index (χ2v) is 8.04. The number of carbonyl (C=O) groups is 1. The van der Waals surface area contributed by atoms with Gasteiger partial charge in [0.15, 0.2) is 0 Å². The number of nitrogens with one attached hydrogen (secondary N) is 1. The summed E-state index contributed by atoms with van der Waals surface area (Å²) in [6.45, 7) is 1.47. The van der Waals surface area contributed by atoms with E-state index in [9.17, 15) is 13.2 Å². The van der Waals surface area contributed by atoms with Crippen molar-refractivity contribution in [2.45, 2.75) is 17.4 Å². The lowest BCUT2D eigenvalue weighted by atomic mass is 10.2. The Labute approximate surface area is 152 Å². The van der Waals surface area contributed by atoms with E-state index in [0.717, 1.165) is 0 Å². The third kappa shape index (κ3) is 3.58. The van der Waals surface area contributed by atoms with E-state index in [1.807, 2.05) is 0 Å². The van der Waals surface area contributed by atoms with Crippen LogP contribution in [0.2, 0.25) is 0 Å². The number of ether oxygens (including phenoxy) is 1. The van der Waals surface area contributed by atoms with Crippen LogP contribution >= 0.6 is 0 Å². The fourth-order valence-corrected chi connectivity index (χ4v) is 4.62. The predicted molar refractivity (Wildman–Crippen MR) is 95.9 cm³/mol. The molecule has 0 saturated carbocycles. The zero-order valence-electron chi connectivity index (χ0n) is 14.6. The van der Waals surface area contributed by atoms with Gasteiger partial charge in [0.05, 0.1) is 12.5 Å². The smallest absolute Gasteiger partial charge is 0.245 e. The average Bonchev–Trinajstić information content (AvgIpc) is 3.11. The monoisotopic (exact) mass is 381 g/mol. The van der Waals surface area contributed by atoms with Crippen LogP contribution < -0.4 is 5.73 Å². The zero-order chi connectivity index (χ0) is 18.7. The summed E-state index contributed by atoms with van der Waals surface area (Å²) in [6, 6.07) is 3.43. The van der Waals surface area contributed by atoms with Crippen LogP contribution in [0.15, 0.2) is 29.4 Å². The minimum absolute atomic E-state index is 0.0735. The van der Waals surface area contributed by atoms with Gasteiger partial charge in [-0.05, 0) is 12.1 Å². The van der Waals surface area contributed by atoms with Crippen molar-refractivity contribution in [1.82, 2.24) is 19.2 Å². The van der Waals surface area contributed by atoms with E-state index in [1.165, 1.54) is 17.6 Å². The molecule has 0 aliphatic carbocycles. The first-order valence-electron chi connectivity index (χ1n) is 8.40. The van der Waals surface area contributed by atoms with Crippen LogP contribution in [0.4, 0.5) is 0 Å². The highest BCUT2D eigenvalue weighted by Gasteiger charge is 2.32. The standard InChI is InChI=1S/C16H23N5O4S/c1-25-12(10-17)9-15(22)20-5-7-21(8-6-20)26(23,24)14-11-19-16-13(14)3-2-4-18-16/h2-4,11-12H,5-10,17H2,1H3,(H,18,19). The number of aromatic amines is 1. The number of carbonyl (C=O) groups excluding carboxylic acids is 1. The molecule has 0 radical (unpaired) electrons. The van der Waals surface area contributed by atoms with Crippen LogP contribution in [0.5, 0.6) is 0 Å². The molecule has 2 aromatic heterocycles. The molecular weight excluding hydrogens is 358 g/mol. The van der Waals surface area contributed by atoms with E-state index in [1.54, 1.807) is 23.2 Å². The first-order valence-corrected chi connectivity index (χ1v) is 9.84. The van der Waals surface area contributed by atoms with Gasteiger partial charge >= 0.3 is 0 Å². The predicted octanol–water partition coefficient (Wildman–Crippen LogP) is -0.240. The number of sulfonamides is 1. The van der Waals surface area contributed by atoms with Crippen LogP contribution in [0, 0.1) is 0 Å². The Morgan fingerprint density at radius 2 is 2.12 bits per heavy atom. The molecule has 10 heteroatoms. The van der Waals surface area contributed by atoms with Gasteiger partial charge in [0.1, 0.15) is 10.5 Å². The second-order valence-electron chi connectivity index (χ2n) is 6.13. The number of methoxy groups -OCH3 is 1. The minimum atomic E-state index is -3.65. The number of H-pyrrole nitrogens is 1. The lowest BCUT2D eigenvalue weighted by Crippen LogP contribution is -2.51. The summed E-state index contributed by atoms with van der Waals surface area (Å²) in [5.74, 6) is -0.0735. The fourth-order valence-electron chi connectivity index (χ4n) is 3.05. The van der Waals surface area contributed by atoms with E-state index in [-0.39, 0.29) is 43.0 Å². The summed E-state index contributed by atoms with van der Waals surface area (Å²) in [5.41, 5.74) is 6.08. The summed E-state index contributed by atoms with van der Waals surface area (Å²) in [5, 5.41) is 0.567. The SMILES string of the molecule is COC(CN)CC(=O)N1CCN(S(=O)(=O)c2c[nH]c3ncccc23)CC1. The molecule has 3 N–H and O–H groups in total. The van der Waals surface area contributed by atoms with E-state index < -0.39 is 10.0 Å². The van der Waals surface area contributed by atoms with Gasteiger partial charge in [-0.2, -0.15) is 4.31 Å². The molecule has 0 aromatic carbocycles. The molecule has 1 saturated heterocycles. The summed E-state index contributed by atoms with van der Waals surface area (Å²) < 4.78 is 32.4. The number of aromatic nitrogens is 2. The van der Waals surface area contributed by atoms with Gasteiger partial charge in [-0.25, -0.2) is 13.4 Å². The second kappa shape index (κ2) is 7.70. The van der Waals surface area contributed by atoms with E-state index in [2.05, 4.69) is 9.97 Å². The zero-order valence-corrected chi connectivity index (χ0v) is 15.4. The largest absolute Gasteiger partial charge is 0.380 e. The van der Waals surface area contributed by atoms with Crippen LogP contribution in [-0.4, -0.2) is 79.4 Å². The van der Waals surface area contributed by atoms with Crippen molar-refractivity contribution in [2.24, 2.45) is 5.73 Å². The van der Waals surface area contributed by atoms with Gasteiger partial charge in [0.2, 0.25) is 15.9 Å². The molecular formula is C16H23N5O4S. The summed E-state index contributed by atoms with van der Waals surface area (Å²) in [6.07, 6.45) is 2.96. The molecule has 3 heterocycles. The lowest BCUT2D eigenvalue weighted by molar-refractivity contribution is -0.134. The molecule has 1 aliphatic heterocycles. The molecule has 2 aromatic rings. The van der Waals surface area contributed by atoms with Crippen LogP contribution in [0.25, 0.3) is 11.0 Å². The maximum absolute atomic E-state index is 12.9. The molecule has 1 atom stereocenters. The van der Waals surface area contributed by atoms with E-state index in [4.69, 9.17) is 10.5 Å². The fraction of sp³-hybridized carbons (Fsp3) is 0.500. The average molecular weight is 381 g/mol. The number of amides is 1. The molecule has 3 rings (SSSR count). The summed E-state index contributed by atoms with van der Waals surface area (Å²) >= 11 is 0. The number of hydrogen-bond donors (Lipinski definition) is 2. The van der Waals surface area contributed by atoms with E-state index >= 15 is 0 Å². The number of piperazine rings is 1. The molecule has 0 bridgehead atoms. The Hall–Kier alpha value is -2.01. The highest BCUT2D eigenvalue weighted by atomic mass is 32.2. The van der Waals surface area contributed by atoms with Crippen molar-refractivity contribution < 1.29 is 17.9 Å². The van der Waals surface area contributed by atoms with Crippen molar-refractivity contribution in [3.05, 3.63) is 24.5 Å². The maximum atomic E-state index is 12.9. The van der Waals surface area contributed by atoms with Crippen molar-refractivity contribution in [1.29, 1.82) is 0 Å². The molecule has 9 nitrogen and oxygen atoms in total. The lowest BCUT2D eigenvalue weighted by Gasteiger charge is -2.34. The molecule has 1 fully saturated rings. The molecule has 1 amide bonds. The Morgan fingerprint density at radius 1 is 1.38 bits per heavy atom. The normalized spacial score (nSPS) is 17.5. The number of nitrogens with two attached hydrogens (primary N) is 1. The Kier molecular flexibility index (Phi) is 5.56. The van der Waals surface area contributed by atoms with Crippen LogP contribution in [0.1, 0.15) is 6.42 Å². The molecule has 1 unspecified atom stereocenters. The summed E-state index contributed by atoms with van der Waals surface area (Å²) in [7, 11) is -2.13. The molecule has 1 aliphatic rings. The van der Waals surface area contributed by atoms with Crippen LogP contribution in [0.3, 0.4) is 0 Å². The number of hydrogen-bond acceptors (Lipinski definition) is 6. The quantitative estimate of drug-likeness (QED) is 0.712. The molecule has 0 spiro atoms. The van der Waals surface area contributed by atoms with Gasteiger partial charge < -0.3 is 20.4 Å². The Morgan fingerprint density at radius 3 is 2.77 bits per heavy atom. The highest BCUT2D eigenvalue weighted by Crippen LogP contribution is 2.25. The Bertz CT molecular complexity index is 870. The van der Waals surface area contributed by atoms with Crippen molar-refractivity contribution >= 4 is 27.0 Å². The van der Waals surface area contributed by atoms with Crippen molar-refractivity contribution in [3.63, 3.8) is 0 Å². The number of rotatable bonds is 6. The summed E-state index contributed by atoms with van der Waals surface area (Å²) in [4.78, 5) is 21.2. The van der Waals surface area contributed by atoms with Gasteiger partial charge in [0.25, 0.3) is 0 Å². The number of fused-ring (bicyclic) bond motifs is 1. The van der Waals surface area contributed by atoms with Gasteiger partial charge in [-0.1, -0.05) is 0 Å². The van der Waals surface area contributed by atoms with Crippen LogP contribution in [-0.2, 0) is 19.6 Å². The van der Waals surface area contributed by atoms with Crippen molar-refractivity contribution in [3.8, 4) is 0 Å². The van der Waals surface area contributed by atoms with Gasteiger partial charge in [-0.3, -0.25) is 4.79 Å².